The van der Waals surface area contributed by atoms with Crippen LogP contribution in [0.25, 0.3) is 0 Å². The molecule has 7 heteroatoms. The minimum Gasteiger partial charge on any atom is -0.350 e. The Morgan fingerprint density at radius 3 is 2.38 bits per heavy atom. The van der Waals surface area contributed by atoms with Crippen LogP contribution in [0.1, 0.15) is 21.5 Å². The van der Waals surface area contributed by atoms with Crippen LogP contribution in [0, 0.1) is 0 Å². The maximum atomic E-state index is 13.6. The quantitative estimate of drug-likeness (QED) is 0.618. The van der Waals surface area contributed by atoms with E-state index in [0.29, 0.717) is 32.5 Å². The van der Waals surface area contributed by atoms with Crippen LogP contribution < -0.4 is 10.6 Å². The summed E-state index contributed by atoms with van der Waals surface area (Å²) in [6, 6.07) is 19.6. The Hall–Kier alpha value is -3.02. The molecule has 2 aliphatic heterocycles. The van der Waals surface area contributed by atoms with Crippen molar-refractivity contribution in [1.29, 1.82) is 0 Å². The summed E-state index contributed by atoms with van der Waals surface area (Å²) in [6.45, 7) is 0.219. The second kappa shape index (κ2) is 6.51. The molecule has 5 nitrogen and oxygen atoms in total. The Morgan fingerprint density at radius 2 is 1.59 bits per heavy atom. The van der Waals surface area contributed by atoms with Gasteiger partial charge in [-0.2, -0.15) is 0 Å². The van der Waals surface area contributed by atoms with Crippen LogP contribution in [0.4, 0.5) is 11.4 Å². The van der Waals surface area contributed by atoms with Crippen molar-refractivity contribution in [1.82, 2.24) is 4.90 Å². The molecular weight excluding hydrogens is 409 g/mol. The third-order valence-corrected chi connectivity index (χ3v) is 5.81. The summed E-state index contributed by atoms with van der Waals surface area (Å²) in [6.07, 6.45) is 0. The first kappa shape index (κ1) is 18.0. The number of para-hydroxylation sites is 1. The summed E-state index contributed by atoms with van der Waals surface area (Å²) in [5, 5.41) is 7.29. The molecule has 0 radical (unpaired) electrons. The van der Waals surface area contributed by atoms with E-state index in [-0.39, 0.29) is 18.4 Å². The first-order valence-electron chi connectivity index (χ1n) is 9.04. The molecule has 2 N–H and O–H groups in total. The lowest BCUT2D eigenvalue weighted by Gasteiger charge is -2.44. The number of amides is 2. The molecule has 2 aliphatic rings. The van der Waals surface area contributed by atoms with E-state index in [2.05, 4.69) is 10.6 Å². The minimum absolute atomic E-state index is 0.219. The Bertz CT molecular complexity index is 1160. The highest BCUT2D eigenvalue weighted by Crippen LogP contribution is 2.46. The summed E-state index contributed by atoms with van der Waals surface area (Å²) in [4.78, 5) is 28.4. The van der Waals surface area contributed by atoms with E-state index >= 15 is 0 Å². The highest BCUT2D eigenvalue weighted by molar-refractivity contribution is 6.31. The summed E-state index contributed by atoms with van der Waals surface area (Å²) in [5.41, 5.74) is 1.87. The van der Waals surface area contributed by atoms with Crippen molar-refractivity contribution in [3.63, 3.8) is 0 Å². The number of rotatable bonds is 2. The van der Waals surface area contributed by atoms with E-state index in [1.54, 1.807) is 35.2 Å². The molecule has 0 aromatic heterocycles. The van der Waals surface area contributed by atoms with Gasteiger partial charge in [0, 0.05) is 33.5 Å². The van der Waals surface area contributed by atoms with Gasteiger partial charge in [0.15, 0.2) is 0 Å². The third-order valence-electron chi connectivity index (χ3n) is 5.33. The maximum Gasteiger partial charge on any atom is 0.276 e. The van der Waals surface area contributed by atoms with Gasteiger partial charge in [0.05, 0.1) is 5.56 Å². The average molecular weight is 424 g/mol. The molecule has 3 aromatic rings. The fourth-order valence-electron chi connectivity index (χ4n) is 3.96. The van der Waals surface area contributed by atoms with Crippen molar-refractivity contribution in [2.24, 2.45) is 0 Å². The summed E-state index contributed by atoms with van der Waals surface area (Å²) in [5.74, 6) is -0.579. The number of fused-ring (bicyclic) bond motifs is 3. The number of halogens is 2. The molecule has 2 amide bonds. The minimum atomic E-state index is -1.35. The highest BCUT2D eigenvalue weighted by Gasteiger charge is 2.56. The van der Waals surface area contributed by atoms with Crippen molar-refractivity contribution >= 4 is 46.4 Å². The summed E-state index contributed by atoms with van der Waals surface area (Å²) in [7, 11) is 0. The summed E-state index contributed by atoms with van der Waals surface area (Å²) >= 11 is 12.1. The second-order valence-corrected chi connectivity index (χ2v) is 7.92. The smallest absolute Gasteiger partial charge is 0.276 e. The Labute approximate surface area is 177 Å². The number of hydrogen-bond donors (Lipinski definition) is 2. The molecule has 0 saturated heterocycles. The molecule has 2 heterocycles. The van der Waals surface area contributed by atoms with Gasteiger partial charge < -0.3 is 10.6 Å². The number of carbonyl (C=O) groups is 2. The van der Waals surface area contributed by atoms with Crippen LogP contribution in [-0.2, 0) is 17.0 Å². The molecule has 144 valence electrons. The normalized spacial score (nSPS) is 19.6. The first-order valence-corrected chi connectivity index (χ1v) is 9.80. The van der Waals surface area contributed by atoms with Gasteiger partial charge in [0.1, 0.15) is 0 Å². The van der Waals surface area contributed by atoms with E-state index in [1.807, 2.05) is 36.4 Å². The molecule has 3 aromatic carbocycles. The van der Waals surface area contributed by atoms with Gasteiger partial charge in [0.2, 0.25) is 5.66 Å². The predicted octanol–water partition coefficient (Wildman–Crippen LogP) is 4.87. The molecule has 1 atom stereocenters. The first-order chi connectivity index (χ1) is 14.0. The zero-order valence-electron chi connectivity index (χ0n) is 15.1. The van der Waals surface area contributed by atoms with Crippen molar-refractivity contribution in [3.8, 4) is 0 Å². The number of nitrogens with zero attached hydrogens (tertiary/aromatic N) is 1. The van der Waals surface area contributed by atoms with Crippen LogP contribution in [0.2, 0.25) is 10.0 Å². The van der Waals surface area contributed by atoms with E-state index in [9.17, 15) is 9.59 Å². The molecule has 0 bridgehead atoms. The largest absolute Gasteiger partial charge is 0.350 e. The topological polar surface area (TPSA) is 61.4 Å². The molecular formula is C22H15Cl2N3O2. The molecule has 29 heavy (non-hydrogen) atoms. The SMILES string of the molecule is O=C1c2cc(Cl)ccc2NC2(C(=O)Nc3ccccc32)N1Cc1ccc(Cl)cc1. The Balaban J connectivity index is 1.71. The molecule has 1 spiro atoms. The number of anilines is 2. The number of nitrogens with one attached hydrogen (secondary N) is 2. The predicted molar refractivity (Wildman–Crippen MR) is 113 cm³/mol. The lowest BCUT2D eigenvalue weighted by atomic mass is 9.92. The monoisotopic (exact) mass is 423 g/mol. The van der Waals surface area contributed by atoms with Crippen LogP contribution in [0.3, 0.4) is 0 Å². The Kier molecular flexibility index (Phi) is 4.05. The summed E-state index contributed by atoms with van der Waals surface area (Å²) < 4.78 is 0. The van der Waals surface area contributed by atoms with Gasteiger partial charge in [-0.3, -0.25) is 14.5 Å². The van der Waals surface area contributed by atoms with E-state index in [1.165, 1.54) is 0 Å². The molecule has 5 rings (SSSR count). The van der Waals surface area contributed by atoms with Crippen LogP contribution >= 0.6 is 23.2 Å². The lowest BCUT2D eigenvalue weighted by Crippen LogP contribution is -2.60. The van der Waals surface area contributed by atoms with Gasteiger partial charge in [-0.25, -0.2) is 0 Å². The fraction of sp³-hybridized carbons (Fsp3) is 0.0909. The van der Waals surface area contributed by atoms with Crippen molar-refractivity contribution < 1.29 is 9.59 Å². The third kappa shape index (κ3) is 2.69. The van der Waals surface area contributed by atoms with Gasteiger partial charge >= 0.3 is 0 Å². The Morgan fingerprint density at radius 1 is 0.862 bits per heavy atom. The van der Waals surface area contributed by atoms with Crippen LogP contribution in [-0.4, -0.2) is 16.7 Å². The van der Waals surface area contributed by atoms with E-state index in [0.717, 1.165) is 5.56 Å². The molecule has 0 saturated carbocycles. The van der Waals surface area contributed by atoms with Crippen LogP contribution in [0.5, 0.6) is 0 Å². The highest BCUT2D eigenvalue weighted by atomic mass is 35.5. The van der Waals surface area contributed by atoms with Gasteiger partial charge in [0.25, 0.3) is 11.8 Å². The average Bonchev–Trinajstić information content (AvgIpc) is 2.99. The molecule has 0 fully saturated rings. The number of hydrogen-bond acceptors (Lipinski definition) is 3. The van der Waals surface area contributed by atoms with Crippen molar-refractivity contribution in [2.75, 3.05) is 10.6 Å². The fourth-order valence-corrected chi connectivity index (χ4v) is 4.26. The number of carbonyl (C=O) groups excluding carboxylic acids is 2. The van der Waals surface area contributed by atoms with E-state index in [4.69, 9.17) is 23.2 Å². The zero-order valence-corrected chi connectivity index (χ0v) is 16.6. The standard InChI is InChI=1S/C22H15Cl2N3O2/c23-14-7-5-13(6-8-14)12-27-20(28)16-11-15(24)9-10-18(16)26-22(27)17-3-1-2-4-19(17)25-21(22)29/h1-11,26H,12H2,(H,25,29). The van der Waals surface area contributed by atoms with Gasteiger partial charge in [-0.1, -0.05) is 53.5 Å². The van der Waals surface area contributed by atoms with E-state index < -0.39 is 5.66 Å². The van der Waals surface area contributed by atoms with Gasteiger partial charge in [-0.05, 0) is 42.0 Å². The molecule has 1 unspecified atom stereocenters. The second-order valence-electron chi connectivity index (χ2n) is 7.04. The van der Waals surface area contributed by atoms with Crippen LogP contribution in [0.15, 0.2) is 66.7 Å². The maximum absolute atomic E-state index is 13.6. The zero-order chi connectivity index (χ0) is 20.2. The van der Waals surface area contributed by atoms with Crippen molar-refractivity contribution in [2.45, 2.75) is 12.2 Å². The lowest BCUT2D eigenvalue weighted by molar-refractivity contribution is -0.125. The van der Waals surface area contributed by atoms with Gasteiger partial charge in [-0.15, -0.1) is 0 Å². The number of benzene rings is 3. The van der Waals surface area contributed by atoms with Crippen molar-refractivity contribution in [3.05, 3.63) is 93.5 Å². The molecule has 0 aliphatic carbocycles.